The molecule has 0 aromatic heterocycles. The second-order valence-electron chi connectivity index (χ2n) is 2.99. The lowest BCUT2D eigenvalue weighted by molar-refractivity contribution is 1.35. The molecule has 1 aromatic rings. The highest BCUT2D eigenvalue weighted by Crippen LogP contribution is 2.38. The van der Waals surface area contributed by atoms with E-state index in [-0.39, 0.29) is 0 Å². The zero-order chi connectivity index (χ0) is 10.7. The number of nitrogens with zero attached hydrogens (tertiary/aromatic N) is 1. The summed E-state index contributed by atoms with van der Waals surface area (Å²) in [5, 5.41) is 1.10. The number of halogens is 1. The number of thioether (sulfide) groups is 2. The van der Waals surface area contributed by atoms with Crippen molar-refractivity contribution in [2.24, 2.45) is 4.99 Å². The van der Waals surface area contributed by atoms with Crippen molar-refractivity contribution in [3.63, 3.8) is 0 Å². The van der Waals surface area contributed by atoms with Crippen LogP contribution < -0.4 is 0 Å². The first-order chi connectivity index (χ1) is 7.29. The summed E-state index contributed by atoms with van der Waals surface area (Å²) in [5.74, 6) is 0. The van der Waals surface area contributed by atoms with Gasteiger partial charge in [0.1, 0.15) is 0 Å². The van der Waals surface area contributed by atoms with E-state index in [4.69, 9.17) is 11.6 Å². The Labute approximate surface area is 103 Å². The molecule has 1 aliphatic rings. The van der Waals surface area contributed by atoms with Crippen molar-refractivity contribution in [1.29, 1.82) is 0 Å². The lowest BCUT2D eigenvalue weighted by atomic mass is 10.3. The SMILES string of the molecule is CSC1=Nc2ccccc2SC(Cl)=CC1. The van der Waals surface area contributed by atoms with Crippen LogP contribution in [0.4, 0.5) is 5.69 Å². The van der Waals surface area contributed by atoms with Crippen molar-refractivity contribution in [1.82, 2.24) is 0 Å². The maximum absolute atomic E-state index is 6.10. The van der Waals surface area contributed by atoms with E-state index in [0.717, 1.165) is 26.4 Å². The van der Waals surface area contributed by atoms with E-state index in [1.54, 1.807) is 23.5 Å². The van der Waals surface area contributed by atoms with Gasteiger partial charge in [0.05, 0.1) is 15.1 Å². The molecule has 1 heterocycles. The molecule has 1 aromatic carbocycles. The fourth-order valence-corrected chi connectivity index (χ4v) is 2.77. The Morgan fingerprint density at radius 2 is 2.20 bits per heavy atom. The minimum atomic E-state index is 0.821. The lowest BCUT2D eigenvalue weighted by Crippen LogP contribution is -1.91. The van der Waals surface area contributed by atoms with E-state index in [2.05, 4.69) is 4.99 Å². The van der Waals surface area contributed by atoms with Crippen molar-refractivity contribution >= 4 is 45.9 Å². The molecule has 2 rings (SSSR count). The van der Waals surface area contributed by atoms with E-state index in [1.807, 2.05) is 36.6 Å². The summed E-state index contributed by atoms with van der Waals surface area (Å²) in [6.45, 7) is 0. The summed E-state index contributed by atoms with van der Waals surface area (Å²) in [4.78, 5) is 5.72. The zero-order valence-corrected chi connectivity index (χ0v) is 10.6. The number of benzene rings is 1. The van der Waals surface area contributed by atoms with E-state index >= 15 is 0 Å². The Hall–Kier alpha value is -0.380. The monoisotopic (exact) mass is 255 g/mol. The number of allylic oxidation sites excluding steroid dienone is 1. The molecule has 0 amide bonds. The van der Waals surface area contributed by atoms with Crippen LogP contribution >= 0.6 is 35.1 Å². The maximum Gasteiger partial charge on any atom is 0.0779 e. The molecule has 78 valence electrons. The molecule has 15 heavy (non-hydrogen) atoms. The Balaban J connectivity index is 2.47. The molecule has 0 saturated carbocycles. The van der Waals surface area contributed by atoms with Crippen molar-refractivity contribution < 1.29 is 0 Å². The highest BCUT2D eigenvalue weighted by molar-refractivity contribution is 8.13. The van der Waals surface area contributed by atoms with E-state index in [0.29, 0.717) is 0 Å². The van der Waals surface area contributed by atoms with E-state index in [9.17, 15) is 0 Å². The molecule has 0 spiro atoms. The van der Waals surface area contributed by atoms with Crippen molar-refractivity contribution in [3.8, 4) is 0 Å². The standard InChI is InChI=1S/C11H10ClNS2/c1-14-11-7-6-10(12)15-9-5-3-2-4-8(9)13-11/h2-6H,7H2,1H3. The van der Waals surface area contributed by atoms with Gasteiger partial charge in [-0.1, -0.05) is 41.6 Å². The first-order valence-corrected chi connectivity index (χ1v) is 6.95. The topological polar surface area (TPSA) is 12.4 Å². The third-order valence-corrected chi connectivity index (χ3v) is 4.03. The smallest absolute Gasteiger partial charge is 0.0779 e. The average molecular weight is 256 g/mol. The predicted octanol–water partition coefficient (Wildman–Crippen LogP) is 4.66. The second-order valence-corrected chi connectivity index (χ2v) is 5.59. The fraction of sp³-hybridized carbons (Fsp3) is 0.182. The van der Waals surface area contributed by atoms with Crippen LogP contribution in [0.15, 0.2) is 44.6 Å². The van der Waals surface area contributed by atoms with Crippen LogP contribution in [0.1, 0.15) is 6.42 Å². The summed E-state index contributed by atoms with van der Waals surface area (Å²) >= 11 is 9.34. The minimum Gasteiger partial charge on any atom is -0.245 e. The average Bonchev–Trinajstić information content (AvgIpc) is 2.23. The van der Waals surface area contributed by atoms with Crippen LogP contribution in [-0.4, -0.2) is 11.3 Å². The molecule has 0 aliphatic carbocycles. The fourth-order valence-electron chi connectivity index (χ4n) is 1.26. The van der Waals surface area contributed by atoms with Gasteiger partial charge in [0, 0.05) is 11.3 Å². The summed E-state index contributed by atoms with van der Waals surface area (Å²) < 4.78 is 0.823. The van der Waals surface area contributed by atoms with Crippen LogP contribution in [-0.2, 0) is 0 Å². The van der Waals surface area contributed by atoms with Gasteiger partial charge in [-0.05, 0) is 18.4 Å². The van der Waals surface area contributed by atoms with Gasteiger partial charge in [0.25, 0.3) is 0 Å². The number of rotatable bonds is 0. The number of para-hydroxylation sites is 1. The largest absolute Gasteiger partial charge is 0.245 e. The lowest BCUT2D eigenvalue weighted by Gasteiger charge is -2.09. The highest BCUT2D eigenvalue weighted by atomic mass is 35.5. The minimum absolute atomic E-state index is 0.821. The van der Waals surface area contributed by atoms with Crippen molar-refractivity contribution in [3.05, 3.63) is 34.7 Å². The Kier molecular flexibility index (Phi) is 3.78. The quantitative estimate of drug-likeness (QED) is 0.669. The molecule has 0 saturated heterocycles. The predicted molar refractivity (Wildman–Crippen MR) is 71.5 cm³/mol. The molecule has 1 aliphatic heterocycles. The van der Waals surface area contributed by atoms with Gasteiger partial charge in [0.2, 0.25) is 0 Å². The van der Waals surface area contributed by atoms with E-state index < -0.39 is 0 Å². The van der Waals surface area contributed by atoms with Crippen LogP contribution in [0.2, 0.25) is 0 Å². The van der Waals surface area contributed by atoms with E-state index in [1.165, 1.54) is 0 Å². The maximum atomic E-state index is 6.10. The number of hydrogen-bond donors (Lipinski definition) is 0. The molecule has 1 nitrogen and oxygen atoms in total. The van der Waals surface area contributed by atoms with Crippen molar-refractivity contribution in [2.45, 2.75) is 11.3 Å². The summed E-state index contributed by atoms with van der Waals surface area (Å²) in [6.07, 6.45) is 4.87. The summed E-state index contributed by atoms with van der Waals surface area (Å²) in [5.41, 5.74) is 1.01. The van der Waals surface area contributed by atoms with Crippen LogP contribution in [0, 0.1) is 0 Å². The number of fused-ring (bicyclic) bond motifs is 1. The van der Waals surface area contributed by atoms with Gasteiger partial charge >= 0.3 is 0 Å². The van der Waals surface area contributed by atoms with Gasteiger partial charge in [-0.3, -0.25) is 0 Å². The zero-order valence-electron chi connectivity index (χ0n) is 8.24. The first-order valence-electron chi connectivity index (χ1n) is 4.53. The van der Waals surface area contributed by atoms with Crippen LogP contribution in [0.5, 0.6) is 0 Å². The molecule has 0 radical (unpaired) electrons. The summed E-state index contributed by atoms with van der Waals surface area (Å²) in [6, 6.07) is 8.07. The van der Waals surface area contributed by atoms with Gasteiger partial charge in [0.15, 0.2) is 0 Å². The van der Waals surface area contributed by atoms with Gasteiger partial charge in [-0.2, -0.15) is 0 Å². The third kappa shape index (κ3) is 2.80. The molecular weight excluding hydrogens is 246 g/mol. The van der Waals surface area contributed by atoms with Gasteiger partial charge in [-0.15, -0.1) is 11.8 Å². The number of hydrogen-bond acceptors (Lipinski definition) is 3. The molecule has 0 fully saturated rings. The normalized spacial score (nSPS) is 15.9. The third-order valence-electron chi connectivity index (χ3n) is 1.99. The van der Waals surface area contributed by atoms with Crippen molar-refractivity contribution in [2.75, 3.05) is 6.26 Å². The first kappa shape index (κ1) is 11.1. The molecule has 4 heteroatoms. The highest BCUT2D eigenvalue weighted by Gasteiger charge is 2.08. The van der Waals surface area contributed by atoms with Crippen LogP contribution in [0.3, 0.4) is 0 Å². The Bertz CT molecular complexity index is 426. The molecule has 0 unspecified atom stereocenters. The molecule has 0 bridgehead atoms. The molecule has 0 atom stereocenters. The second kappa shape index (κ2) is 5.10. The summed E-state index contributed by atoms with van der Waals surface area (Å²) in [7, 11) is 0. The molecule has 0 N–H and O–H groups in total. The molecular formula is C11H10ClNS2. The Morgan fingerprint density at radius 3 is 3.00 bits per heavy atom. The van der Waals surface area contributed by atoms with Crippen LogP contribution in [0.25, 0.3) is 0 Å². The Morgan fingerprint density at radius 1 is 1.40 bits per heavy atom. The van der Waals surface area contributed by atoms with Gasteiger partial charge < -0.3 is 0 Å². The number of aliphatic imine (C=N–C) groups is 1. The van der Waals surface area contributed by atoms with Gasteiger partial charge in [-0.25, -0.2) is 4.99 Å².